The molecule has 0 aliphatic heterocycles. The first-order valence-electron chi connectivity index (χ1n) is 17.1. The van der Waals surface area contributed by atoms with Crippen molar-refractivity contribution in [2.24, 2.45) is 0 Å². The van der Waals surface area contributed by atoms with Crippen LogP contribution in [-0.4, -0.2) is 21.0 Å². The normalized spacial score (nSPS) is 11.1. The number of hydrogen-bond acceptors (Lipinski definition) is 9. The third kappa shape index (κ3) is 9.44. The predicted molar refractivity (Wildman–Crippen MR) is 228 cm³/mol. The molecule has 6 N–H and O–H groups in total. The van der Waals surface area contributed by atoms with Crippen molar-refractivity contribution in [2.75, 3.05) is 16.4 Å². The number of fused-ring (bicyclic) bond motifs is 1. The molecule has 0 atom stereocenters. The number of Topliss-reactive ketones (excluding diaryl/α,β-unsaturated/α-hetero) is 1. The van der Waals surface area contributed by atoms with E-state index in [1.165, 1.54) is 12.1 Å². The number of benzene rings is 6. The van der Waals surface area contributed by atoms with E-state index in [0.717, 1.165) is 41.6 Å². The number of nitrogens with one attached hydrogen (secondary N) is 2. The van der Waals surface area contributed by atoms with Crippen molar-refractivity contribution in [2.45, 2.75) is 39.1 Å². The molecule has 6 aromatic carbocycles. The fraction of sp³-hybridized carbons (Fsp3) is 0.0698. The standard InChI is InChI=1S/C43H33Cl3N4O3S2/c44-29-8-12-33(13-9-29)54-41-14-10-32(47)17-28(41)24-50-37-20-30(45)16-27(42(37)52)18-39(51)35-19-31(46)21-38(43(35)53)49-23-26-4-1-2-6-40(26)55-34-11-7-25-5-3-15-48-36(25)22-34/h1-17,19-22,49-50,52-53H,18,23-24,47H2. The number of aromatic hydroxyl groups is 2. The Morgan fingerprint density at radius 1 is 0.636 bits per heavy atom. The van der Waals surface area contributed by atoms with E-state index in [2.05, 4.69) is 33.8 Å². The van der Waals surface area contributed by atoms with Crippen molar-refractivity contribution in [1.29, 1.82) is 0 Å². The minimum Gasteiger partial charge on any atom is -0.505 e. The quantitative estimate of drug-likeness (QED) is 0.0440. The van der Waals surface area contributed by atoms with Gasteiger partial charge in [-0.15, -0.1) is 0 Å². The maximum absolute atomic E-state index is 13.7. The number of nitrogen functional groups attached to an aromatic ring is 1. The van der Waals surface area contributed by atoms with E-state index in [-0.39, 0.29) is 34.1 Å². The molecule has 0 amide bonds. The Balaban J connectivity index is 1.06. The largest absolute Gasteiger partial charge is 0.505 e. The molecule has 0 radical (unpaired) electrons. The molecule has 0 saturated carbocycles. The lowest BCUT2D eigenvalue weighted by Gasteiger charge is -2.16. The van der Waals surface area contributed by atoms with Gasteiger partial charge in [0.15, 0.2) is 5.78 Å². The Morgan fingerprint density at radius 3 is 2.11 bits per heavy atom. The molecule has 0 unspecified atom stereocenters. The first kappa shape index (κ1) is 38.3. The molecule has 0 bridgehead atoms. The Bertz CT molecular complexity index is 2540. The average Bonchev–Trinajstić information content (AvgIpc) is 3.17. The van der Waals surface area contributed by atoms with Gasteiger partial charge in [0.2, 0.25) is 0 Å². The number of hydrogen-bond donors (Lipinski definition) is 5. The number of carbonyl (C=O) groups is 1. The van der Waals surface area contributed by atoms with Crippen LogP contribution in [0, 0.1) is 0 Å². The van der Waals surface area contributed by atoms with E-state index in [1.54, 1.807) is 41.9 Å². The summed E-state index contributed by atoms with van der Waals surface area (Å²) < 4.78 is 0. The number of rotatable bonds is 13. The van der Waals surface area contributed by atoms with Gasteiger partial charge in [-0.25, -0.2) is 0 Å². The van der Waals surface area contributed by atoms with Crippen LogP contribution < -0.4 is 16.4 Å². The molecule has 0 fully saturated rings. The second-order valence-corrected chi connectivity index (χ2v) is 16.1. The molecule has 7 nitrogen and oxygen atoms in total. The molecule has 0 saturated heterocycles. The molecule has 1 heterocycles. The first-order chi connectivity index (χ1) is 26.6. The van der Waals surface area contributed by atoms with Crippen LogP contribution >= 0.6 is 58.3 Å². The lowest BCUT2D eigenvalue weighted by molar-refractivity contribution is 0.0989. The molecule has 7 aromatic rings. The van der Waals surface area contributed by atoms with Crippen molar-refractivity contribution in [3.8, 4) is 11.5 Å². The highest BCUT2D eigenvalue weighted by Crippen LogP contribution is 2.39. The lowest BCUT2D eigenvalue weighted by Crippen LogP contribution is -2.08. The SMILES string of the molecule is Nc1ccc(Sc2ccc(Cl)cc2)c(CNc2cc(Cl)cc(CC(=O)c3cc(Cl)cc(NCc4ccccc4Sc4ccc5cccnc5c4)c3O)c2O)c1. The molecule has 1 aromatic heterocycles. The molecular formula is C43H33Cl3N4O3S2. The number of nitrogens with two attached hydrogens (primary N) is 1. The van der Waals surface area contributed by atoms with Gasteiger partial charge in [-0.1, -0.05) is 88.7 Å². The van der Waals surface area contributed by atoms with Crippen LogP contribution in [0.5, 0.6) is 11.5 Å². The monoisotopic (exact) mass is 822 g/mol. The summed E-state index contributed by atoms with van der Waals surface area (Å²) in [5, 5.41) is 31.5. The Labute approximate surface area is 341 Å². The van der Waals surface area contributed by atoms with Gasteiger partial charge in [0, 0.05) is 77.0 Å². The van der Waals surface area contributed by atoms with Gasteiger partial charge in [0.1, 0.15) is 11.5 Å². The maximum atomic E-state index is 13.7. The molecule has 0 spiro atoms. The fourth-order valence-electron chi connectivity index (χ4n) is 5.97. The summed E-state index contributed by atoms with van der Waals surface area (Å²) in [6, 6.07) is 37.4. The summed E-state index contributed by atoms with van der Waals surface area (Å²) in [7, 11) is 0. The molecule has 0 aliphatic rings. The Morgan fingerprint density at radius 2 is 1.31 bits per heavy atom. The van der Waals surface area contributed by atoms with Gasteiger partial charge in [-0.2, -0.15) is 0 Å². The number of carbonyl (C=O) groups excluding carboxylic acids is 1. The Kier molecular flexibility index (Phi) is 12.0. The summed E-state index contributed by atoms with van der Waals surface area (Å²) in [5.41, 5.74) is 10.5. The van der Waals surface area contributed by atoms with Crippen molar-refractivity contribution in [3.63, 3.8) is 0 Å². The molecular weight excluding hydrogens is 791 g/mol. The second-order valence-electron chi connectivity index (χ2n) is 12.6. The third-order valence-corrected chi connectivity index (χ3v) is 11.6. The van der Waals surface area contributed by atoms with Crippen molar-refractivity contribution < 1.29 is 15.0 Å². The average molecular weight is 824 g/mol. The summed E-state index contributed by atoms with van der Waals surface area (Å²) in [4.78, 5) is 22.3. The summed E-state index contributed by atoms with van der Waals surface area (Å²) in [6.45, 7) is 0.668. The number of aromatic nitrogens is 1. The molecule has 7 rings (SSSR count). The lowest BCUT2D eigenvalue weighted by atomic mass is 10.00. The summed E-state index contributed by atoms with van der Waals surface area (Å²) in [5.74, 6) is -0.831. The van der Waals surface area contributed by atoms with Crippen LogP contribution in [0.1, 0.15) is 27.0 Å². The van der Waals surface area contributed by atoms with E-state index in [0.29, 0.717) is 40.2 Å². The van der Waals surface area contributed by atoms with E-state index in [9.17, 15) is 15.0 Å². The van der Waals surface area contributed by atoms with Crippen LogP contribution in [0.4, 0.5) is 17.1 Å². The van der Waals surface area contributed by atoms with Gasteiger partial charge in [0.25, 0.3) is 0 Å². The van der Waals surface area contributed by atoms with Crippen LogP contribution in [-0.2, 0) is 19.5 Å². The zero-order valence-corrected chi connectivity index (χ0v) is 32.9. The number of anilines is 3. The molecule has 55 heavy (non-hydrogen) atoms. The second kappa shape index (κ2) is 17.2. The van der Waals surface area contributed by atoms with E-state index >= 15 is 0 Å². The molecule has 12 heteroatoms. The number of phenols is 2. The highest BCUT2D eigenvalue weighted by molar-refractivity contribution is 7.99. The number of ketones is 1. The van der Waals surface area contributed by atoms with Gasteiger partial charge in [-0.3, -0.25) is 9.78 Å². The van der Waals surface area contributed by atoms with E-state index in [4.69, 9.17) is 40.5 Å². The molecule has 276 valence electrons. The van der Waals surface area contributed by atoms with Gasteiger partial charge in [0.05, 0.1) is 22.5 Å². The number of phenolic OH excluding ortho intramolecular Hbond substituents is 2. The van der Waals surface area contributed by atoms with E-state index < -0.39 is 5.78 Å². The maximum Gasteiger partial charge on any atom is 0.171 e. The number of pyridine rings is 1. The zero-order valence-electron chi connectivity index (χ0n) is 29.0. The topological polar surface area (TPSA) is 120 Å². The zero-order chi connectivity index (χ0) is 38.5. The highest BCUT2D eigenvalue weighted by Gasteiger charge is 2.20. The smallest absolute Gasteiger partial charge is 0.171 e. The minimum absolute atomic E-state index is 0.0128. The van der Waals surface area contributed by atoms with Gasteiger partial charge < -0.3 is 26.6 Å². The molecule has 0 aliphatic carbocycles. The van der Waals surface area contributed by atoms with Crippen LogP contribution in [0.3, 0.4) is 0 Å². The van der Waals surface area contributed by atoms with Crippen LogP contribution in [0.2, 0.25) is 15.1 Å². The van der Waals surface area contributed by atoms with Crippen LogP contribution in [0.25, 0.3) is 10.9 Å². The summed E-state index contributed by atoms with van der Waals surface area (Å²) in [6.07, 6.45) is 1.53. The number of nitrogens with zero attached hydrogens (tertiary/aromatic N) is 1. The number of halogens is 3. The fourth-order valence-corrected chi connectivity index (χ4v) is 8.46. The van der Waals surface area contributed by atoms with Gasteiger partial charge in [-0.05, 0) is 102 Å². The van der Waals surface area contributed by atoms with Gasteiger partial charge >= 0.3 is 0 Å². The van der Waals surface area contributed by atoms with Crippen molar-refractivity contribution in [1.82, 2.24) is 4.98 Å². The third-order valence-electron chi connectivity index (χ3n) is 8.72. The Hall–Kier alpha value is -5.03. The minimum atomic E-state index is -0.454. The van der Waals surface area contributed by atoms with Crippen molar-refractivity contribution >= 4 is 92.1 Å². The first-order valence-corrected chi connectivity index (χ1v) is 19.8. The highest BCUT2D eigenvalue weighted by atomic mass is 35.5. The predicted octanol–water partition coefficient (Wildman–Crippen LogP) is 12.1. The van der Waals surface area contributed by atoms with Crippen LogP contribution in [0.15, 0.2) is 147 Å². The van der Waals surface area contributed by atoms with Crippen molar-refractivity contribution in [3.05, 3.63) is 165 Å². The summed E-state index contributed by atoms with van der Waals surface area (Å²) >= 11 is 22.2. The van der Waals surface area contributed by atoms with E-state index in [1.807, 2.05) is 78.9 Å².